The number of fused-ring (bicyclic) bond motifs is 2. The number of pyridine rings is 1. The molecule has 3 fully saturated rings. The number of aromatic carboxylic acids is 1. The Balaban J connectivity index is 1.86. The Morgan fingerprint density at radius 1 is 1.39 bits per heavy atom. The van der Waals surface area contributed by atoms with E-state index in [4.69, 9.17) is 20.9 Å². The first-order chi connectivity index (χ1) is 14.8. The van der Waals surface area contributed by atoms with Gasteiger partial charge in [0.25, 0.3) is 0 Å². The van der Waals surface area contributed by atoms with Gasteiger partial charge in [-0.2, -0.15) is 0 Å². The van der Waals surface area contributed by atoms with Crippen LogP contribution in [0.1, 0.15) is 42.6 Å². The topological polar surface area (TPSA) is 133 Å². The second-order valence-corrected chi connectivity index (χ2v) is 8.39. The smallest absolute Gasteiger partial charge is 0.341 e. The number of halogens is 1. The number of rotatable bonds is 5. The average molecular weight is 432 g/mol. The SMILES string of the molecule is CCOc1c(N2C[C@H](N)[C@H]3OCC[C@H]32)c(F)c(N)c2c(=O)c(C(=O)O)cn(C3CC3)c12. The van der Waals surface area contributed by atoms with E-state index >= 15 is 4.39 Å². The summed E-state index contributed by atoms with van der Waals surface area (Å²) in [6, 6.07) is -0.417. The molecule has 1 aromatic heterocycles. The predicted molar refractivity (Wildman–Crippen MR) is 112 cm³/mol. The van der Waals surface area contributed by atoms with Crippen LogP contribution in [0.4, 0.5) is 15.8 Å². The molecule has 31 heavy (non-hydrogen) atoms. The van der Waals surface area contributed by atoms with Gasteiger partial charge in [-0.25, -0.2) is 9.18 Å². The van der Waals surface area contributed by atoms with Crippen LogP contribution in [0.15, 0.2) is 11.0 Å². The molecule has 166 valence electrons. The maximum Gasteiger partial charge on any atom is 0.341 e. The second kappa shape index (κ2) is 7.10. The summed E-state index contributed by atoms with van der Waals surface area (Å²) in [6.45, 7) is 2.89. The van der Waals surface area contributed by atoms with Crippen molar-refractivity contribution in [1.82, 2.24) is 4.57 Å². The van der Waals surface area contributed by atoms with E-state index in [1.54, 1.807) is 11.5 Å². The van der Waals surface area contributed by atoms with E-state index < -0.39 is 22.8 Å². The maximum atomic E-state index is 15.8. The van der Waals surface area contributed by atoms with Crippen LogP contribution in [-0.2, 0) is 4.74 Å². The lowest BCUT2D eigenvalue weighted by Crippen LogP contribution is -2.35. The highest BCUT2D eigenvalue weighted by atomic mass is 19.1. The van der Waals surface area contributed by atoms with E-state index in [-0.39, 0.29) is 53.3 Å². The molecule has 1 saturated carbocycles. The van der Waals surface area contributed by atoms with E-state index in [0.29, 0.717) is 25.1 Å². The largest absolute Gasteiger partial charge is 0.489 e. The fourth-order valence-electron chi connectivity index (χ4n) is 4.96. The third-order valence-electron chi connectivity index (χ3n) is 6.46. The fourth-order valence-corrected chi connectivity index (χ4v) is 4.96. The first-order valence-electron chi connectivity index (χ1n) is 10.5. The van der Waals surface area contributed by atoms with Crippen LogP contribution in [0, 0.1) is 5.82 Å². The predicted octanol–water partition coefficient (Wildman–Crippen LogP) is 1.46. The number of ether oxygens (including phenoxy) is 2. The van der Waals surface area contributed by atoms with Crippen molar-refractivity contribution in [2.45, 2.75) is 50.4 Å². The number of hydrogen-bond donors (Lipinski definition) is 3. The van der Waals surface area contributed by atoms with E-state index in [0.717, 1.165) is 12.8 Å². The Bertz CT molecular complexity index is 1150. The van der Waals surface area contributed by atoms with E-state index in [1.165, 1.54) is 6.20 Å². The van der Waals surface area contributed by atoms with Gasteiger partial charge in [0.1, 0.15) is 11.3 Å². The summed E-state index contributed by atoms with van der Waals surface area (Å²) in [4.78, 5) is 26.5. The first-order valence-corrected chi connectivity index (χ1v) is 10.5. The van der Waals surface area contributed by atoms with Crippen LogP contribution < -0.4 is 26.5 Å². The Morgan fingerprint density at radius 3 is 2.77 bits per heavy atom. The minimum atomic E-state index is -1.38. The number of nitrogens with zero attached hydrogens (tertiary/aromatic N) is 2. The van der Waals surface area contributed by atoms with Crippen molar-refractivity contribution >= 4 is 28.2 Å². The van der Waals surface area contributed by atoms with Gasteiger partial charge in [0, 0.05) is 25.4 Å². The molecule has 0 amide bonds. The molecule has 3 heterocycles. The van der Waals surface area contributed by atoms with Crippen LogP contribution in [0.5, 0.6) is 5.75 Å². The van der Waals surface area contributed by atoms with Crippen molar-refractivity contribution in [3.05, 3.63) is 27.8 Å². The number of anilines is 2. The molecule has 2 aliphatic heterocycles. The molecule has 1 aromatic carbocycles. The highest BCUT2D eigenvalue weighted by molar-refractivity contribution is 6.03. The standard InChI is InChI=1S/C21H25FN4O5/c1-2-30-20-16-13(18(27)10(21(28)29)7-25(16)9-3-4-9)15(24)14(22)17(20)26-8-11(23)19-12(26)5-6-31-19/h7,9,11-12,19H,2-6,8,23-24H2,1H3,(H,28,29)/t11-,12+,19+/m0/s1. The minimum absolute atomic E-state index is 0.00140. The number of hydrogen-bond acceptors (Lipinski definition) is 7. The molecule has 5 rings (SSSR count). The van der Waals surface area contributed by atoms with E-state index in [9.17, 15) is 14.7 Å². The molecule has 0 radical (unpaired) electrons. The highest BCUT2D eigenvalue weighted by Crippen LogP contribution is 2.48. The Labute approximate surface area is 177 Å². The van der Waals surface area contributed by atoms with Crippen LogP contribution in [0.25, 0.3) is 10.9 Å². The summed E-state index contributed by atoms with van der Waals surface area (Å²) < 4.78 is 29.2. The summed E-state index contributed by atoms with van der Waals surface area (Å²) in [6.07, 6.45) is 3.44. The molecule has 0 bridgehead atoms. The van der Waals surface area contributed by atoms with Crippen molar-refractivity contribution in [3.8, 4) is 5.75 Å². The lowest BCUT2D eigenvalue weighted by atomic mass is 10.0. The average Bonchev–Trinajstić information content (AvgIpc) is 3.37. The van der Waals surface area contributed by atoms with Crippen molar-refractivity contribution < 1.29 is 23.8 Å². The number of carbonyl (C=O) groups is 1. The maximum absolute atomic E-state index is 15.8. The Hall–Kier alpha value is -2.85. The number of carboxylic acid groups (broad SMARTS) is 1. The molecule has 1 aliphatic carbocycles. The van der Waals surface area contributed by atoms with Gasteiger partial charge >= 0.3 is 5.97 Å². The lowest BCUT2D eigenvalue weighted by molar-refractivity contribution is 0.0694. The molecule has 2 aromatic rings. The van der Waals surface area contributed by atoms with Gasteiger partial charge in [0.2, 0.25) is 5.43 Å². The lowest BCUT2D eigenvalue weighted by Gasteiger charge is -2.29. The van der Waals surface area contributed by atoms with Gasteiger partial charge in [0.15, 0.2) is 11.6 Å². The fraction of sp³-hybridized carbons (Fsp3) is 0.524. The quantitative estimate of drug-likeness (QED) is 0.605. The summed E-state index contributed by atoms with van der Waals surface area (Å²) in [5, 5.41) is 9.38. The van der Waals surface area contributed by atoms with Gasteiger partial charge in [0.05, 0.1) is 41.4 Å². The van der Waals surface area contributed by atoms with Crippen molar-refractivity contribution in [2.75, 3.05) is 30.4 Å². The van der Waals surface area contributed by atoms with Crippen LogP contribution >= 0.6 is 0 Å². The van der Waals surface area contributed by atoms with Gasteiger partial charge < -0.3 is 35.5 Å². The zero-order valence-electron chi connectivity index (χ0n) is 17.1. The van der Waals surface area contributed by atoms with Crippen molar-refractivity contribution in [3.63, 3.8) is 0 Å². The Kier molecular flexibility index (Phi) is 4.60. The van der Waals surface area contributed by atoms with Gasteiger partial charge in [-0.3, -0.25) is 4.79 Å². The monoisotopic (exact) mass is 432 g/mol. The highest BCUT2D eigenvalue weighted by Gasteiger charge is 2.46. The summed E-state index contributed by atoms with van der Waals surface area (Å²) in [5.41, 5.74) is 11.3. The van der Waals surface area contributed by atoms with Gasteiger partial charge in [-0.05, 0) is 26.2 Å². The molecule has 3 atom stereocenters. The zero-order chi connectivity index (χ0) is 22.0. The van der Waals surface area contributed by atoms with Gasteiger partial charge in [-0.1, -0.05) is 0 Å². The molecular weight excluding hydrogens is 407 g/mol. The molecule has 0 spiro atoms. The molecule has 5 N–H and O–H groups in total. The second-order valence-electron chi connectivity index (χ2n) is 8.39. The molecule has 9 nitrogen and oxygen atoms in total. The number of nitrogens with two attached hydrogens (primary N) is 2. The molecule has 2 saturated heterocycles. The summed E-state index contributed by atoms with van der Waals surface area (Å²) in [7, 11) is 0. The van der Waals surface area contributed by atoms with Crippen molar-refractivity contribution in [2.24, 2.45) is 5.73 Å². The number of nitrogen functional groups attached to an aromatic ring is 1. The van der Waals surface area contributed by atoms with Crippen LogP contribution in [-0.4, -0.2) is 53.6 Å². The summed E-state index contributed by atoms with van der Waals surface area (Å²) >= 11 is 0. The Morgan fingerprint density at radius 2 is 2.13 bits per heavy atom. The normalized spacial score (nSPS) is 25.3. The third kappa shape index (κ3) is 2.89. The third-order valence-corrected chi connectivity index (χ3v) is 6.46. The molecule has 3 aliphatic rings. The van der Waals surface area contributed by atoms with E-state index in [1.807, 2.05) is 4.90 Å². The molecule has 0 unspecified atom stereocenters. The van der Waals surface area contributed by atoms with E-state index in [2.05, 4.69) is 0 Å². The van der Waals surface area contributed by atoms with Crippen molar-refractivity contribution in [1.29, 1.82) is 0 Å². The molecule has 10 heteroatoms. The summed E-state index contributed by atoms with van der Waals surface area (Å²) in [5.74, 6) is -1.97. The molecular formula is C21H25FN4O5. The number of aromatic nitrogens is 1. The zero-order valence-corrected chi connectivity index (χ0v) is 17.1. The van der Waals surface area contributed by atoms with Crippen LogP contribution in [0.2, 0.25) is 0 Å². The van der Waals surface area contributed by atoms with Crippen LogP contribution in [0.3, 0.4) is 0 Å². The first kappa shape index (κ1) is 20.1. The van der Waals surface area contributed by atoms with Gasteiger partial charge in [-0.15, -0.1) is 0 Å². The number of carboxylic acids is 1. The minimum Gasteiger partial charge on any atom is -0.489 e. The number of benzene rings is 1.